The summed E-state index contributed by atoms with van der Waals surface area (Å²) in [4.78, 5) is 14.8. The average molecular weight is 292 g/mol. The van der Waals surface area contributed by atoms with Crippen LogP contribution in [0, 0.1) is 0 Å². The van der Waals surface area contributed by atoms with E-state index in [4.69, 9.17) is 0 Å². The molecule has 16 heavy (non-hydrogen) atoms. The van der Waals surface area contributed by atoms with Gasteiger partial charge in [-0.25, -0.2) is 9.18 Å². The second-order valence-corrected chi connectivity index (χ2v) is 3.92. The van der Waals surface area contributed by atoms with E-state index < -0.39 is 18.2 Å². The fourth-order valence-electron chi connectivity index (χ4n) is 1.06. The van der Waals surface area contributed by atoms with E-state index in [2.05, 4.69) is 25.7 Å². The van der Waals surface area contributed by atoms with Crippen molar-refractivity contribution < 1.29 is 19.0 Å². The molecule has 1 rings (SSSR count). The molecule has 0 aliphatic rings. The number of aromatic nitrogens is 1. The highest BCUT2D eigenvalue weighted by Crippen LogP contribution is 2.19. The van der Waals surface area contributed by atoms with Crippen LogP contribution in [-0.2, 0) is 9.53 Å². The zero-order valence-electron chi connectivity index (χ0n) is 8.56. The van der Waals surface area contributed by atoms with Gasteiger partial charge in [0.25, 0.3) is 0 Å². The number of hydrogen-bond donors (Lipinski definition) is 1. The Hall–Kier alpha value is -1.01. The number of esters is 1. The molecule has 1 aromatic rings. The molecule has 1 N–H and O–H groups in total. The number of pyridine rings is 1. The van der Waals surface area contributed by atoms with Crippen LogP contribution in [0.4, 0.5) is 4.39 Å². The fraction of sp³-hybridized carbons (Fsp3) is 0.400. The molecule has 0 fully saturated rings. The topological polar surface area (TPSA) is 59.4 Å². The molecule has 0 saturated heterocycles. The molecule has 0 aliphatic carbocycles. The number of rotatable bonds is 4. The lowest BCUT2D eigenvalue weighted by atomic mass is 10.1. The number of carbonyl (C=O) groups is 1. The second kappa shape index (κ2) is 5.91. The van der Waals surface area contributed by atoms with E-state index in [1.54, 1.807) is 13.0 Å². The van der Waals surface area contributed by atoms with Crippen molar-refractivity contribution >= 4 is 21.9 Å². The molecule has 0 spiro atoms. The summed E-state index contributed by atoms with van der Waals surface area (Å²) in [5.74, 6) is -1.08. The predicted molar refractivity (Wildman–Crippen MR) is 58.4 cm³/mol. The van der Waals surface area contributed by atoms with Gasteiger partial charge in [0.1, 0.15) is 6.10 Å². The van der Waals surface area contributed by atoms with Crippen LogP contribution in [0.2, 0.25) is 0 Å². The van der Waals surface area contributed by atoms with E-state index in [-0.39, 0.29) is 12.3 Å². The summed E-state index contributed by atoms with van der Waals surface area (Å²) in [6.45, 7) is 1.63. The van der Waals surface area contributed by atoms with Gasteiger partial charge < -0.3 is 9.84 Å². The molecule has 0 aliphatic heterocycles. The van der Waals surface area contributed by atoms with Crippen molar-refractivity contribution in [2.24, 2.45) is 0 Å². The lowest BCUT2D eigenvalue weighted by molar-refractivity contribution is -0.153. The lowest BCUT2D eigenvalue weighted by Crippen LogP contribution is -2.26. The summed E-state index contributed by atoms with van der Waals surface area (Å²) in [5, 5.41) is 9.52. The number of hydrogen-bond acceptors (Lipinski definition) is 4. The van der Waals surface area contributed by atoms with Crippen molar-refractivity contribution in [1.29, 1.82) is 0 Å². The maximum absolute atomic E-state index is 13.4. The van der Waals surface area contributed by atoms with Crippen LogP contribution in [0.1, 0.15) is 18.7 Å². The lowest BCUT2D eigenvalue weighted by Gasteiger charge is -2.13. The Balaban J connectivity index is 2.73. The Morgan fingerprint density at radius 3 is 2.88 bits per heavy atom. The van der Waals surface area contributed by atoms with Crippen LogP contribution in [0.5, 0.6) is 0 Å². The van der Waals surface area contributed by atoms with Gasteiger partial charge in [-0.2, -0.15) is 0 Å². The van der Waals surface area contributed by atoms with E-state index in [1.807, 2.05) is 0 Å². The summed E-state index contributed by atoms with van der Waals surface area (Å²) in [6, 6.07) is 3.03. The molecular weight excluding hydrogens is 281 g/mol. The molecule has 0 bridgehead atoms. The Bertz CT molecular complexity index is 358. The highest BCUT2D eigenvalue weighted by atomic mass is 79.9. The van der Waals surface area contributed by atoms with Crippen LogP contribution in [0.25, 0.3) is 0 Å². The molecule has 6 heteroatoms. The van der Waals surface area contributed by atoms with Crippen molar-refractivity contribution in [2.75, 3.05) is 6.61 Å². The Morgan fingerprint density at radius 1 is 1.69 bits per heavy atom. The molecule has 1 heterocycles. The molecule has 88 valence electrons. The minimum absolute atomic E-state index is 0.0692. The first kappa shape index (κ1) is 13.1. The Kier molecular flexibility index (Phi) is 4.82. The highest BCUT2D eigenvalue weighted by Gasteiger charge is 2.29. The van der Waals surface area contributed by atoms with Gasteiger partial charge in [-0.1, -0.05) is 0 Å². The number of aliphatic hydroxyl groups excluding tert-OH is 1. The van der Waals surface area contributed by atoms with Crippen LogP contribution >= 0.6 is 15.9 Å². The third-order valence-electron chi connectivity index (χ3n) is 1.84. The molecule has 0 amide bonds. The van der Waals surface area contributed by atoms with E-state index >= 15 is 0 Å². The first-order valence-electron chi connectivity index (χ1n) is 4.66. The number of halogens is 2. The van der Waals surface area contributed by atoms with Gasteiger partial charge in [0.2, 0.25) is 6.17 Å². The molecule has 0 aromatic carbocycles. The minimum Gasteiger partial charge on any atom is -0.464 e. The van der Waals surface area contributed by atoms with Gasteiger partial charge in [-0.15, -0.1) is 0 Å². The van der Waals surface area contributed by atoms with Crippen molar-refractivity contribution in [1.82, 2.24) is 4.98 Å². The van der Waals surface area contributed by atoms with Gasteiger partial charge in [0.05, 0.1) is 12.3 Å². The number of aliphatic hydroxyl groups is 1. The fourth-order valence-corrected chi connectivity index (χ4v) is 1.30. The first-order valence-corrected chi connectivity index (χ1v) is 5.45. The van der Waals surface area contributed by atoms with Gasteiger partial charge in [-0.05, 0) is 35.0 Å². The molecule has 4 nitrogen and oxygen atoms in total. The van der Waals surface area contributed by atoms with E-state index in [1.165, 1.54) is 12.3 Å². The summed E-state index contributed by atoms with van der Waals surface area (Å²) < 4.78 is 18.5. The average Bonchev–Trinajstić information content (AvgIpc) is 2.28. The summed E-state index contributed by atoms with van der Waals surface area (Å²) in [6.07, 6.45) is -2.31. The van der Waals surface area contributed by atoms with Crippen LogP contribution < -0.4 is 0 Å². The van der Waals surface area contributed by atoms with E-state index in [9.17, 15) is 14.3 Å². The van der Waals surface area contributed by atoms with Gasteiger partial charge >= 0.3 is 5.97 Å². The second-order valence-electron chi connectivity index (χ2n) is 3.00. The maximum atomic E-state index is 13.4. The minimum atomic E-state index is -2.12. The smallest absolute Gasteiger partial charge is 0.343 e. The first-order chi connectivity index (χ1) is 7.56. The molecule has 1 aromatic heterocycles. The molecule has 0 saturated carbocycles. The standard InChI is InChI=1S/C10H11BrFNO3/c1-2-16-10(15)8(12)9(14)7-4-3-6(11)5-13-7/h3-5,8-9,14H,2H2,1H3/t8-,9+/m0/s1. The van der Waals surface area contributed by atoms with Crippen molar-refractivity contribution in [3.8, 4) is 0 Å². The highest BCUT2D eigenvalue weighted by molar-refractivity contribution is 9.10. The van der Waals surface area contributed by atoms with Gasteiger partial charge in [-0.3, -0.25) is 4.98 Å². The zero-order chi connectivity index (χ0) is 12.1. The normalized spacial score (nSPS) is 14.2. The van der Waals surface area contributed by atoms with Gasteiger partial charge in [0, 0.05) is 10.7 Å². The van der Waals surface area contributed by atoms with Crippen molar-refractivity contribution in [2.45, 2.75) is 19.2 Å². The summed E-state index contributed by atoms with van der Waals surface area (Å²) in [5.41, 5.74) is 0.0868. The largest absolute Gasteiger partial charge is 0.464 e. The monoisotopic (exact) mass is 291 g/mol. The Morgan fingerprint density at radius 2 is 2.38 bits per heavy atom. The van der Waals surface area contributed by atoms with E-state index in [0.717, 1.165) is 0 Å². The predicted octanol–water partition coefficient (Wildman–Crippen LogP) is 1.78. The maximum Gasteiger partial charge on any atom is 0.343 e. The SMILES string of the molecule is CCOC(=O)[C@@H](F)[C@H](O)c1ccc(Br)cn1. The van der Waals surface area contributed by atoms with Crippen molar-refractivity contribution in [3.05, 3.63) is 28.5 Å². The summed E-state index contributed by atoms with van der Waals surface area (Å²) >= 11 is 3.16. The third kappa shape index (κ3) is 3.24. The van der Waals surface area contributed by atoms with Gasteiger partial charge in [0.15, 0.2) is 0 Å². The number of carbonyl (C=O) groups excluding carboxylic acids is 1. The van der Waals surface area contributed by atoms with Crippen LogP contribution in [-0.4, -0.2) is 28.8 Å². The third-order valence-corrected chi connectivity index (χ3v) is 2.31. The van der Waals surface area contributed by atoms with Crippen molar-refractivity contribution in [3.63, 3.8) is 0 Å². The quantitative estimate of drug-likeness (QED) is 0.859. The molecular formula is C10H11BrFNO3. The Labute approximate surface area is 101 Å². The molecule has 2 atom stereocenters. The number of nitrogens with zero attached hydrogens (tertiary/aromatic N) is 1. The number of ether oxygens (including phenoxy) is 1. The molecule has 0 unspecified atom stereocenters. The summed E-state index contributed by atoms with van der Waals surface area (Å²) in [7, 11) is 0. The van der Waals surface area contributed by atoms with Crippen LogP contribution in [0.3, 0.4) is 0 Å². The number of alkyl halides is 1. The van der Waals surface area contributed by atoms with Crippen LogP contribution in [0.15, 0.2) is 22.8 Å². The molecule has 0 radical (unpaired) electrons. The zero-order valence-corrected chi connectivity index (χ0v) is 10.1. The van der Waals surface area contributed by atoms with E-state index in [0.29, 0.717) is 4.47 Å².